The number of hydrogen-bond donors (Lipinski definition) is 1. The van der Waals surface area contributed by atoms with Gasteiger partial charge in [-0.1, -0.05) is 18.7 Å². The van der Waals surface area contributed by atoms with Gasteiger partial charge in [0.25, 0.3) is 0 Å². The van der Waals surface area contributed by atoms with Crippen LogP contribution in [0, 0.1) is 0 Å². The van der Waals surface area contributed by atoms with Crippen LogP contribution in [0.15, 0.2) is 37.0 Å². The van der Waals surface area contributed by atoms with E-state index >= 15 is 0 Å². The van der Waals surface area contributed by atoms with Crippen molar-refractivity contribution in [2.75, 3.05) is 25.0 Å². The molecule has 1 rings (SSSR count). The molecular formula is C15H24N2. The van der Waals surface area contributed by atoms with Crippen LogP contribution in [0.2, 0.25) is 0 Å². The van der Waals surface area contributed by atoms with Gasteiger partial charge in [-0.15, -0.1) is 0 Å². The number of rotatable bonds is 8. The molecular weight excluding hydrogens is 208 g/mol. The molecule has 94 valence electrons. The summed E-state index contributed by atoms with van der Waals surface area (Å²) >= 11 is 0. The molecule has 0 aliphatic heterocycles. The Morgan fingerprint density at radius 2 is 1.94 bits per heavy atom. The van der Waals surface area contributed by atoms with E-state index < -0.39 is 0 Å². The average Bonchev–Trinajstić information content (AvgIpc) is 2.38. The number of benzene rings is 1. The topological polar surface area (TPSA) is 15.3 Å². The lowest BCUT2D eigenvalue weighted by Crippen LogP contribution is -2.15. The molecule has 2 nitrogen and oxygen atoms in total. The molecule has 1 N–H and O–H groups in total. The molecule has 0 fully saturated rings. The molecule has 0 saturated carbocycles. The standard InChI is InChI=1S/C15H24N2/c1-4-16-13-7-6-8-14-9-11-15(12-10-14)17(3)5-2/h4,9-12,16H,1,5-8,13H2,2-3H3. The maximum atomic E-state index is 3.63. The second-order valence-electron chi connectivity index (χ2n) is 4.30. The maximum Gasteiger partial charge on any atom is 0.0363 e. The second kappa shape index (κ2) is 7.77. The van der Waals surface area contributed by atoms with Crippen LogP contribution in [0.5, 0.6) is 0 Å². The Morgan fingerprint density at radius 3 is 2.53 bits per heavy atom. The first kappa shape index (κ1) is 13.6. The minimum Gasteiger partial charge on any atom is -0.391 e. The van der Waals surface area contributed by atoms with Crippen molar-refractivity contribution in [3.8, 4) is 0 Å². The van der Waals surface area contributed by atoms with Gasteiger partial charge in [0, 0.05) is 25.8 Å². The Bertz CT molecular complexity index is 316. The first-order chi connectivity index (χ1) is 8.27. The van der Waals surface area contributed by atoms with Gasteiger partial charge in [-0.3, -0.25) is 0 Å². The number of hydrogen-bond acceptors (Lipinski definition) is 2. The first-order valence-corrected chi connectivity index (χ1v) is 6.42. The van der Waals surface area contributed by atoms with Crippen molar-refractivity contribution < 1.29 is 0 Å². The van der Waals surface area contributed by atoms with Crippen molar-refractivity contribution in [3.05, 3.63) is 42.6 Å². The SMILES string of the molecule is C=CNCCCCc1ccc(N(C)CC)cc1. The highest BCUT2D eigenvalue weighted by Gasteiger charge is 1.98. The molecule has 0 aliphatic rings. The monoisotopic (exact) mass is 232 g/mol. The zero-order valence-corrected chi connectivity index (χ0v) is 11.1. The molecule has 2 heteroatoms. The first-order valence-electron chi connectivity index (χ1n) is 6.42. The largest absolute Gasteiger partial charge is 0.391 e. The smallest absolute Gasteiger partial charge is 0.0363 e. The van der Waals surface area contributed by atoms with Crippen LogP contribution in [0.1, 0.15) is 25.3 Å². The minimum atomic E-state index is 1.03. The van der Waals surface area contributed by atoms with E-state index in [0.29, 0.717) is 0 Å². The van der Waals surface area contributed by atoms with Crippen molar-refractivity contribution in [1.82, 2.24) is 5.32 Å². The van der Waals surface area contributed by atoms with E-state index in [1.54, 1.807) is 6.20 Å². The summed E-state index contributed by atoms with van der Waals surface area (Å²) in [5.74, 6) is 0. The lowest BCUT2D eigenvalue weighted by molar-refractivity contribution is 0.696. The summed E-state index contributed by atoms with van der Waals surface area (Å²) in [6, 6.07) is 8.90. The number of unbranched alkanes of at least 4 members (excludes halogenated alkanes) is 1. The zero-order chi connectivity index (χ0) is 12.5. The van der Waals surface area contributed by atoms with E-state index in [0.717, 1.165) is 19.5 Å². The molecule has 0 spiro atoms. The number of nitrogens with one attached hydrogen (secondary N) is 1. The van der Waals surface area contributed by atoms with Crippen molar-refractivity contribution in [2.24, 2.45) is 0 Å². The van der Waals surface area contributed by atoms with E-state index in [-0.39, 0.29) is 0 Å². The minimum absolute atomic E-state index is 1.03. The number of aryl methyl sites for hydroxylation is 1. The fourth-order valence-electron chi connectivity index (χ4n) is 1.76. The normalized spacial score (nSPS) is 10.0. The highest BCUT2D eigenvalue weighted by molar-refractivity contribution is 5.46. The van der Waals surface area contributed by atoms with Crippen LogP contribution in [-0.4, -0.2) is 20.1 Å². The molecule has 17 heavy (non-hydrogen) atoms. The lowest BCUT2D eigenvalue weighted by atomic mass is 10.1. The van der Waals surface area contributed by atoms with E-state index in [1.807, 2.05) is 0 Å². The Labute approximate surface area is 105 Å². The van der Waals surface area contributed by atoms with Crippen LogP contribution in [0.3, 0.4) is 0 Å². The summed E-state index contributed by atoms with van der Waals surface area (Å²) in [5.41, 5.74) is 2.72. The number of anilines is 1. The Kier molecular flexibility index (Phi) is 6.23. The van der Waals surface area contributed by atoms with Gasteiger partial charge in [0.2, 0.25) is 0 Å². The van der Waals surface area contributed by atoms with E-state index in [1.165, 1.54) is 24.1 Å². The van der Waals surface area contributed by atoms with Gasteiger partial charge in [0.1, 0.15) is 0 Å². The molecule has 0 atom stereocenters. The molecule has 0 bridgehead atoms. The summed E-state index contributed by atoms with van der Waals surface area (Å²) in [5, 5.41) is 3.12. The summed E-state index contributed by atoms with van der Waals surface area (Å²) in [7, 11) is 2.12. The van der Waals surface area contributed by atoms with Gasteiger partial charge in [-0.25, -0.2) is 0 Å². The van der Waals surface area contributed by atoms with E-state index in [2.05, 4.69) is 55.0 Å². The van der Waals surface area contributed by atoms with E-state index in [9.17, 15) is 0 Å². The molecule has 1 aromatic rings. The van der Waals surface area contributed by atoms with Crippen molar-refractivity contribution in [2.45, 2.75) is 26.2 Å². The predicted octanol–water partition coefficient (Wildman–Crippen LogP) is 3.20. The molecule has 0 aliphatic carbocycles. The summed E-state index contributed by atoms with van der Waals surface area (Å²) < 4.78 is 0. The van der Waals surface area contributed by atoms with Crippen LogP contribution in [0.25, 0.3) is 0 Å². The summed E-state index contributed by atoms with van der Waals surface area (Å²) in [6.07, 6.45) is 5.34. The van der Waals surface area contributed by atoms with Crippen molar-refractivity contribution >= 4 is 5.69 Å². The quantitative estimate of drug-likeness (QED) is 0.692. The highest BCUT2D eigenvalue weighted by atomic mass is 15.1. The fraction of sp³-hybridized carbons (Fsp3) is 0.467. The molecule has 0 heterocycles. The zero-order valence-electron chi connectivity index (χ0n) is 11.1. The Hall–Kier alpha value is -1.44. The van der Waals surface area contributed by atoms with Crippen molar-refractivity contribution in [1.29, 1.82) is 0 Å². The molecule has 0 saturated heterocycles. The third-order valence-corrected chi connectivity index (χ3v) is 3.03. The van der Waals surface area contributed by atoms with Gasteiger partial charge in [0.15, 0.2) is 0 Å². The van der Waals surface area contributed by atoms with Gasteiger partial charge >= 0.3 is 0 Å². The molecule has 0 amide bonds. The van der Waals surface area contributed by atoms with Crippen LogP contribution in [-0.2, 0) is 6.42 Å². The average molecular weight is 232 g/mol. The Balaban J connectivity index is 2.32. The number of nitrogens with zero attached hydrogens (tertiary/aromatic N) is 1. The fourth-order valence-corrected chi connectivity index (χ4v) is 1.76. The summed E-state index contributed by atoms with van der Waals surface area (Å²) in [6.45, 7) is 7.88. The molecule has 0 radical (unpaired) electrons. The summed E-state index contributed by atoms with van der Waals surface area (Å²) in [4.78, 5) is 2.25. The third-order valence-electron chi connectivity index (χ3n) is 3.03. The van der Waals surface area contributed by atoms with Gasteiger partial charge in [0.05, 0.1) is 0 Å². The maximum absolute atomic E-state index is 3.63. The van der Waals surface area contributed by atoms with Gasteiger partial charge in [-0.2, -0.15) is 0 Å². The van der Waals surface area contributed by atoms with Gasteiger partial charge < -0.3 is 10.2 Å². The molecule has 1 aromatic carbocycles. The van der Waals surface area contributed by atoms with E-state index in [4.69, 9.17) is 0 Å². The predicted molar refractivity (Wildman–Crippen MR) is 76.5 cm³/mol. The molecule has 0 aromatic heterocycles. The Morgan fingerprint density at radius 1 is 1.24 bits per heavy atom. The van der Waals surface area contributed by atoms with Crippen LogP contribution >= 0.6 is 0 Å². The van der Waals surface area contributed by atoms with Gasteiger partial charge in [-0.05, 0) is 50.1 Å². The highest BCUT2D eigenvalue weighted by Crippen LogP contribution is 2.14. The second-order valence-corrected chi connectivity index (χ2v) is 4.30. The van der Waals surface area contributed by atoms with Crippen LogP contribution < -0.4 is 10.2 Å². The lowest BCUT2D eigenvalue weighted by Gasteiger charge is -2.16. The van der Waals surface area contributed by atoms with Crippen LogP contribution in [0.4, 0.5) is 5.69 Å². The van der Waals surface area contributed by atoms with Crippen molar-refractivity contribution in [3.63, 3.8) is 0 Å². The molecule has 0 unspecified atom stereocenters. The third kappa shape index (κ3) is 4.94.